The molecule has 184 valence electrons. The summed E-state index contributed by atoms with van der Waals surface area (Å²) in [5.41, 5.74) is 6.78. The molecule has 0 aromatic heterocycles. The van der Waals surface area contributed by atoms with E-state index in [9.17, 15) is 10.2 Å². The second-order valence-electron chi connectivity index (χ2n) is 12.1. The topological polar surface area (TPSA) is 40.5 Å². The van der Waals surface area contributed by atoms with Crippen LogP contribution in [0.25, 0.3) is 0 Å². The zero-order valence-electron chi connectivity index (χ0n) is 22.6. The van der Waals surface area contributed by atoms with Gasteiger partial charge in [0, 0.05) is 0 Å². The molecule has 2 N–H and O–H groups in total. The van der Waals surface area contributed by atoms with Crippen LogP contribution >= 0.6 is 0 Å². The van der Waals surface area contributed by atoms with Crippen molar-refractivity contribution in [2.45, 2.75) is 124 Å². The lowest BCUT2D eigenvalue weighted by atomic mass is 9.83. The molecule has 0 atom stereocenters. The number of rotatable bonds is 10. The van der Waals surface area contributed by atoms with E-state index in [1.54, 1.807) is 0 Å². The van der Waals surface area contributed by atoms with Gasteiger partial charge in [-0.05, 0) is 83.7 Å². The molecule has 2 heteroatoms. The molecule has 0 saturated heterocycles. The van der Waals surface area contributed by atoms with Crippen molar-refractivity contribution in [1.29, 1.82) is 0 Å². The summed E-state index contributed by atoms with van der Waals surface area (Å²) >= 11 is 0. The maximum absolute atomic E-state index is 10.4. The van der Waals surface area contributed by atoms with Gasteiger partial charge in [-0.1, -0.05) is 97.9 Å². The van der Waals surface area contributed by atoms with Crippen molar-refractivity contribution in [1.82, 2.24) is 0 Å². The summed E-state index contributed by atoms with van der Waals surface area (Å²) in [4.78, 5) is 0. The number of hydrogen-bond donors (Lipinski definition) is 2. The summed E-state index contributed by atoms with van der Waals surface area (Å²) in [7, 11) is 0. The van der Waals surface area contributed by atoms with Crippen molar-refractivity contribution in [3.8, 4) is 11.5 Å². The van der Waals surface area contributed by atoms with E-state index in [4.69, 9.17) is 0 Å². The van der Waals surface area contributed by atoms with Gasteiger partial charge >= 0.3 is 0 Å². The first kappa shape index (κ1) is 27.3. The Labute approximate surface area is 203 Å². The van der Waals surface area contributed by atoms with Crippen LogP contribution in [0.5, 0.6) is 11.5 Å². The monoisotopic (exact) mass is 452 g/mol. The Morgan fingerprint density at radius 2 is 0.818 bits per heavy atom. The lowest BCUT2D eigenvalue weighted by Gasteiger charge is -2.22. The molecule has 33 heavy (non-hydrogen) atoms. The van der Waals surface area contributed by atoms with Crippen LogP contribution in [0.15, 0.2) is 24.3 Å². The Kier molecular flexibility index (Phi) is 9.47. The molecule has 0 amide bonds. The molecule has 0 radical (unpaired) electrons. The van der Waals surface area contributed by atoms with Gasteiger partial charge in [-0.15, -0.1) is 0 Å². The van der Waals surface area contributed by atoms with Crippen LogP contribution in [-0.2, 0) is 23.7 Å². The number of phenols is 2. The lowest BCUT2D eigenvalue weighted by molar-refractivity contribution is 0.441. The number of phenolic OH excluding ortho intramolecular Hbond substituents is 2. The molecule has 0 spiro atoms. The number of benzene rings is 2. The summed E-state index contributed by atoms with van der Waals surface area (Å²) in [5.74, 6) is 0.923. The zero-order chi connectivity index (χ0) is 24.8. The predicted octanol–water partition coefficient (Wildman–Crippen LogP) is 8.83. The lowest BCUT2D eigenvalue weighted by Crippen LogP contribution is -2.12. The minimum atomic E-state index is -0.0298. The van der Waals surface area contributed by atoms with E-state index in [1.807, 2.05) is 13.8 Å². The van der Waals surface area contributed by atoms with Crippen LogP contribution in [0.3, 0.4) is 0 Å². The number of aryl methyl sites for hydroxylation is 4. The van der Waals surface area contributed by atoms with Gasteiger partial charge in [0.1, 0.15) is 11.5 Å². The van der Waals surface area contributed by atoms with Gasteiger partial charge in [-0.25, -0.2) is 0 Å². The first-order valence-electron chi connectivity index (χ1n) is 13.0. The highest BCUT2D eigenvalue weighted by atomic mass is 16.3. The minimum Gasteiger partial charge on any atom is -0.507 e. The van der Waals surface area contributed by atoms with Crippen LogP contribution < -0.4 is 0 Å². The quantitative estimate of drug-likeness (QED) is 0.353. The van der Waals surface area contributed by atoms with E-state index in [1.165, 1.54) is 56.1 Å². The van der Waals surface area contributed by atoms with Gasteiger partial charge < -0.3 is 10.2 Å². The standard InChI is InChI=1S/C31H48O2/c1-22-18-24(20-26(28(22)32)30(3,4)5)16-14-12-10-9-11-13-15-17-25-19-23(2)29(33)27(21-25)31(6,7)8/h18-21,32-33H,9-17H2,1-8H3. The van der Waals surface area contributed by atoms with Crippen molar-refractivity contribution >= 4 is 0 Å². The van der Waals surface area contributed by atoms with Crippen LogP contribution in [-0.4, -0.2) is 10.2 Å². The van der Waals surface area contributed by atoms with E-state index < -0.39 is 0 Å². The summed E-state index contributed by atoms with van der Waals surface area (Å²) in [6, 6.07) is 8.72. The maximum Gasteiger partial charge on any atom is 0.122 e. The summed E-state index contributed by atoms with van der Waals surface area (Å²) in [5, 5.41) is 20.8. The second-order valence-corrected chi connectivity index (χ2v) is 12.1. The van der Waals surface area contributed by atoms with Crippen LogP contribution in [0, 0.1) is 13.8 Å². The normalized spacial score (nSPS) is 12.4. The molecule has 0 unspecified atom stereocenters. The molecule has 2 aromatic rings. The number of unbranched alkanes of at least 4 members (excludes halogenated alkanes) is 6. The van der Waals surface area contributed by atoms with Gasteiger partial charge in [-0.2, -0.15) is 0 Å². The Morgan fingerprint density at radius 3 is 1.12 bits per heavy atom. The second kappa shape index (κ2) is 11.4. The highest BCUT2D eigenvalue weighted by Crippen LogP contribution is 2.35. The molecule has 0 saturated carbocycles. The van der Waals surface area contributed by atoms with Crippen molar-refractivity contribution in [2.24, 2.45) is 0 Å². The Balaban J connectivity index is 1.69. The predicted molar refractivity (Wildman–Crippen MR) is 143 cm³/mol. The SMILES string of the molecule is Cc1cc(CCCCCCCCCc2cc(C)c(O)c(C(C)(C)C)c2)cc(C(C)(C)C)c1O. The Morgan fingerprint density at radius 1 is 0.515 bits per heavy atom. The number of aromatic hydroxyl groups is 2. The average molecular weight is 453 g/mol. The molecule has 2 rings (SSSR count). The fourth-order valence-corrected chi connectivity index (χ4v) is 4.68. The van der Waals surface area contributed by atoms with Crippen LogP contribution in [0.4, 0.5) is 0 Å². The molecule has 0 bridgehead atoms. The molecule has 2 aromatic carbocycles. The molecule has 0 aliphatic heterocycles. The Hall–Kier alpha value is -1.96. The van der Waals surface area contributed by atoms with Crippen molar-refractivity contribution in [2.75, 3.05) is 0 Å². The molecular formula is C31H48O2. The van der Waals surface area contributed by atoms with Gasteiger partial charge in [-0.3, -0.25) is 0 Å². The molecule has 2 nitrogen and oxygen atoms in total. The van der Waals surface area contributed by atoms with Gasteiger partial charge in [0.05, 0.1) is 0 Å². The van der Waals surface area contributed by atoms with E-state index in [0.717, 1.165) is 35.1 Å². The Bertz CT molecular complexity index is 834. The third-order valence-electron chi connectivity index (χ3n) is 6.77. The summed E-state index contributed by atoms with van der Waals surface area (Å²) in [6.45, 7) is 17.0. The first-order chi connectivity index (χ1) is 15.3. The molecule has 0 aliphatic rings. The van der Waals surface area contributed by atoms with Crippen molar-refractivity contribution < 1.29 is 10.2 Å². The summed E-state index contributed by atoms with van der Waals surface area (Å²) in [6.07, 6.45) is 11.1. The van der Waals surface area contributed by atoms with E-state index in [2.05, 4.69) is 65.8 Å². The van der Waals surface area contributed by atoms with Gasteiger partial charge in [0.15, 0.2) is 0 Å². The smallest absolute Gasteiger partial charge is 0.122 e. The van der Waals surface area contributed by atoms with E-state index in [0.29, 0.717) is 11.5 Å². The molecule has 0 heterocycles. The zero-order valence-corrected chi connectivity index (χ0v) is 22.6. The van der Waals surface area contributed by atoms with Gasteiger partial charge in [0.2, 0.25) is 0 Å². The van der Waals surface area contributed by atoms with Crippen molar-refractivity contribution in [3.05, 3.63) is 57.6 Å². The molecule has 0 aliphatic carbocycles. The maximum atomic E-state index is 10.4. The van der Waals surface area contributed by atoms with E-state index >= 15 is 0 Å². The molecular weight excluding hydrogens is 404 g/mol. The van der Waals surface area contributed by atoms with E-state index in [-0.39, 0.29) is 10.8 Å². The molecule has 0 fully saturated rings. The van der Waals surface area contributed by atoms with Crippen LogP contribution in [0.2, 0.25) is 0 Å². The number of hydrogen-bond acceptors (Lipinski definition) is 2. The van der Waals surface area contributed by atoms with Gasteiger partial charge in [0.25, 0.3) is 0 Å². The van der Waals surface area contributed by atoms with Crippen LogP contribution in [0.1, 0.15) is 120 Å². The first-order valence-corrected chi connectivity index (χ1v) is 13.0. The fourth-order valence-electron chi connectivity index (χ4n) is 4.68. The third-order valence-corrected chi connectivity index (χ3v) is 6.77. The highest BCUT2D eigenvalue weighted by molar-refractivity contribution is 5.47. The average Bonchev–Trinajstić information content (AvgIpc) is 2.69. The third kappa shape index (κ3) is 8.09. The minimum absolute atomic E-state index is 0.0298. The van der Waals surface area contributed by atoms with Crippen molar-refractivity contribution in [3.63, 3.8) is 0 Å². The highest BCUT2D eigenvalue weighted by Gasteiger charge is 2.21. The largest absolute Gasteiger partial charge is 0.507 e. The fraction of sp³-hybridized carbons (Fsp3) is 0.613. The summed E-state index contributed by atoms with van der Waals surface area (Å²) < 4.78 is 0.